The molecule has 2 N–H and O–H groups in total. The number of imidazole rings is 1. The molecule has 0 aliphatic heterocycles. The largest absolute Gasteiger partial charge is 0.395 e. The van der Waals surface area contributed by atoms with E-state index in [1.807, 2.05) is 17.8 Å². The number of nitrogens with zero attached hydrogens (tertiary/aromatic N) is 2. The highest BCUT2D eigenvalue weighted by Crippen LogP contribution is 2.12. The van der Waals surface area contributed by atoms with E-state index >= 15 is 0 Å². The molecule has 0 aliphatic carbocycles. The van der Waals surface area contributed by atoms with Crippen molar-refractivity contribution >= 4 is 0 Å². The van der Waals surface area contributed by atoms with E-state index in [-0.39, 0.29) is 18.7 Å². The molecule has 1 rings (SSSR count). The Labute approximate surface area is 91.3 Å². The second kappa shape index (κ2) is 5.28. The van der Waals surface area contributed by atoms with Gasteiger partial charge in [0.05, 0.1) is 12.6 Å². The number of rotatable bonds is 5. The van der Waals surface area contributed by atoms with Crippen molar-refractivity contribution in [1.82, 2.24) is 14.9 Å². The standard InChI is InChI=1S/C11H21N3O/c1-8(2)10(7-15)13-9(3)11-12-5-6-14(11)4/h5-6,8-10,13,15H,7H2,1-4H3. The van der Waals surface area contributed by atoms with Crippen LogP contribution in [0.15, 0.2) is 12.4 Å². The van der Waals surface area contributed by atoms with E-state index in [2.05, 4.69) is 31.1 Å². The van der Waals surface area contributed by atoms with Crippen LogP contribution in [0.5, 0.6) is 0 Å². The van der Waals surface area contributed by atoms with Gasteiger partial charge in [0.25, 0.3) is 0 Å². The van der Waals surface area contributed by atoms with Crippen molar-refractivity contribution in [2.24, 2.45) is 13.0 Å². The summed E-state index contributed by atoms with van der Waals surface area (Å²) in [5.41, 5.74) is 0. The molecular weight excluding hydrogens is 190 g/mol. The van der Waals surface area contributed by atoms with Crippen LogP contribution in [0.1, 0.15) is 32.6 Å². The Bertz CT molecular complexity index is 296. The number of aliphatic hydroxyl groups excluding tert-OH is 1. The summed E-state index contributed by atoms with van der Waals surface area (Å²) in [5.74, 6) is 1.41. The van der Waals surface area contributed by atoms with E-state index in [9.17, 15) is 5.11 Å². The lowest BCUT2D eigenvalue weighted by molar-refractivity contribution is 0.199. The minimum absolute atomic E-state index is 0.122. The number of aryl methyl sites for hydroxylation is 1. The van der Waals surface area contributed by atoms with Crippen LogP contribution in [0.2, 0.25) is 0 Å². The van der Waals surface area contributed by atoms with Crippen molar-refractivity contribution in [2.45, 2.75) is 32.9 Å². The quantitative estimate of drug-likeness (QED) is 0.766. The van der Waals surface area contributed by atoms with Crippen molar-refractivity contribution < 1.29 is 5.11 Å². The van der Waals surface area contributed by atoms with Crippen LogP contribution in [-0.4, -0.2) is 27.3 Å². The fourth-order valence-electron chi connectivity index (χ4n) is 1.65. The van der Waals surface area contributed by atoms with Crippen LogP contribution in [0.4, 0.5) is 0 Å². The molecule has 2 unspecified atom stereocenters. The Morgan fingerprint density at radius 3 is 2.53 bits per heavy atom. The summed E-state index contributed by atoms with van der Waals surface area (Å²) < 4.78 is 1.99. The molecule has 86 valence electrons. The molecule has 0 saturated carbocycles. The van der Waals surface area contributed by atoms with Gasteiger partial charge in [-0.15, -0.1) is 0 Å². The molecule has 0 saturated heterocycles. The van der Waals surface area contributed by atoms with Gasteiger partial charge in [-0.3, -0.25) is 0 Å². The average molecular weight is 211 g/mol. The van der Waals surface area contributed by atoms with E-state index in [0.717, 1.165) is 5.82 Å². The molecule has 1 aromatic rings. The summed E-state index contributed by atoms with van der Waals surface area (Å²) in [6.07, 6.45) is 3.72. The third-order valence-corrected chi connectivity index (χ3v) is 2.71. The summed E-state index contributed by atoms with van der Waals surface area (Å²) in [6, 6.07) is 0.279. The van der Waals surface area contributed by atoms with Gasteiger partial charge in [-0.25, -0.2) is 4.98 Å². The lowest BCUT2D eigenvalue weighted by Crippen LogP contribution is -2.39. The first-order chi connectivity index (χ1) is 7.06. The first-order valence-electron chi connectivity index (χ1n) is 5.40. The molecule has 0 spiro atoms. The minimum Gasteiger partial charge on any atom is -0.395 e. The van der Waals surface area contributed by atoms with Gasteiger partial charge in [0.1, 0.15) is 5.82 Å². The van der Waals surface area contributed by atoms with Gasteiger partial charge in [0, 0.05) is 25.5 Å². The zero-order valence-corrected chi connectivity index (χ0v) is 9.94. The number of nitrogens with one attached hydrogen (secondary N) is 1. The first-order valence-corrected chi connectivity index (χ1v) is 5.40. The zero-order chi connectivity index (χ0) is 11.4. The van der Waals surface area contributed by atoms with E-state index in [1.165, 1.54) is 0 Å². The Kier molecular flexibility index (Phi) is 4.29. The van der Waals surface area contributed by atoms with Crippen LogP contribution in [0.3, 0.4) is 0 Å². The lowest BCUT2D eigenvalue weighted by atomic mass is 10.0. The number of aliphatic hydroxyl groups is 1. The molecule has 4 heteroatoms. The van der Waals surface area contributed by atoms with Crippen molar-refractivity contribution in [1.29, 1.82) is 0 Å². The molecule has 15 heavy (non-hydrogen) atoms. The van der Waals surface area contributed by atoms with E-state index in [1.54, 1.807) is 6.20 Å². The average Bonchev–Trinajstić information content (AvgIpc) is 2.60. The second-order valence-corrected chi connectivity index (χ2v) is 4.32. The van der Waals surface area contributed by atoms with Gasteiger partial charge in [-0.1, -0.05) is 13.8 Å². The number of aromatic nitrogens is 2. The first kappa shape index (κ1) is 12.2. The van der Waals surface area contributed by atoms with Crippen molar-refractivity contribution in [3.05, 3.63) is 18.2 Å². The zero-order valence-electron chi connectivity index (χ0n) is 9.94. The van der Waals surface area contributed by atoms with Crippen LogP contribution >= 0.6 is 0 Å². The highest BCUT2D eigenvalue weighted by atomic mass is 16.3. The van der Waals surface area contributed by atoms with Gasteiger partial charge >= 0.3 is 0 Å². The SMILES string of the molecule is CC(NC(CO)C(C)C)c1nccn1C. The number of hydrogen-bond acceptors (Lipinski definition) is 3. The Hall–Kier alpha value is -0.870. The molecule has 0 bridgehead atoms. The molecule has 0 aliphatic rings. The van der Waals surface area contributed by atoms with E-state index in [4.69, 9.17) is 0 Å². The van der Waals surface area contributed by atoms with Gasteiger partial charge in [0.2, 0.25) is 0 Å². The van der Waals surface area contributed by atoms with Crippen LogP contribution < -0.4 is 5.32 Å². The Morgan fingerprint density at radius 2 is 2.13 bits per heavy atom. The second-order valence-electron chi connectivity index (χ2n) is 4.32. The van der Waals surface area contributed by atoms with Gasteiger partial charge in [-0.05, 0) is 12.8 Å². The van der Waals surface area contributed by atoms with Crippen LogP contribution in [0, 0.1) is 5.92 Å². The molecule has 1 heterocycles. The highest BCUT2D eigenvalue weighted by Gasteiger charge is 2.17. The summed E-state index contributed by atoms with van der Waals surface area (Å²) in [4.78, 5) is 4.28. The fraction of sp³-hybridized carbons (Fsp3) is 0.727. The monoisotopic (exact) mass is 211 g/mol. The summed E-state index contributed by atoms with van der Waals surface area (Å²) in [7, 11) is 1.98. The molecule has 4 nitrogen and oxygen atoms in total. The predicted molar refractivity (Wildman–Crippen MR) is 60.5 cm³/mol. The number of hydrogen-bond donors (Lipinski definition) is 2. The van der Waals surface area contributed by atoms with Crippen molar-refractivity contribution in [3.8, 4) is 0 Å². The van der Waals surface area contributed by atoms with Crippen molar-refractivity contribution in [3.63, 3.8) is 0 Å². The fourth-order valence-corrected chi connectivity index (χ4v) is 1.65. The minimum atomic E-state index is 0.122. The molecule has 0 radical (unpaired) electrons. The van der Waals surface area contributed by atoms with Crippen molar-refractivity contribution in [2.75, 3.05) is 6.61 Å². The summed E-state index contributed by atoms with van der Waals surface area (Å²) in [5, 5.41) is 12.6. The molecule has 0 fully saturated rings. The smallest absolute Gasteiger partial charge is 0.125 e. The van der Waals surface area contributed by atoms with Gasteiger partial charge in [0.15, 0.2) is 0 Å². The third-order valence-electron chi connectivity index (χ3n) is 2.71. The maximum Gasteiger partial charge on any atom is 0.125 e. The highest BCUT2D eigenvalue weighted by molar-refractivity contribution is 4.97. The molecule has 1 aromatic heterocycles. The van der Waals surface area contributed by atoms with Gasteiger partial charge < -0.3 is 15.0 Å². The topological polar surface area (TPSA) is 50.1 Å². The molecule has 0 amide bonds. The van der Waals surface area contributed by atoms with E-state index < -0.39 is 0 Å². The maximum atomic E-state index is 9.22. The normalized spacial score (nSPS) is 15.6. The molecular formula is C11H21N3O. The lowest BCUT2D eigenvalue weighted by Gasteiger charge is -2.24. The molecule has 0 aromatic carbocycles. The van der Waals surface area contributed by atoms with E-state index in [0.29, 0.717) is 5.92 Å². The van der Waals surface area contributed by atoms with Crippen LogP contribution in [-0.2, 0) is 7.05 Å². The summed E-state index contributed by atoms with van der Waals surface area (Å²) >= 11 is 0. The molecule has 2 atom stereocenters. The predicted octanol–water partition coefficient (Wildman–Crippen LogP) is 1.09. The van der Waals surface area contributed by atoms with Crippen LogP contribution in [0.25, 0.3) is 0 Å². The maximum absolute atomic E-state index is 9.22. The Morgan fingerprint density at radius 1 is 1.47 bits per heavy atom. The van der Waals surface area contributed by atoms with Gasteiger partial charge in [-0.2, -0.15) is 0 Å². The summed E-state index contributed by atoms with van der Waals surface area (Å²) in [6.45, 7) is 6.41. The Balaban J connectivity index is 2.62. The third kappa shape index (κ3) is 3.04.